The van der Waals surface area contributed by atoms with E-state index in [1.807, 2.05) is 31.2 Å². The first-order valence-electron chi connectivity index (χ1n) is 6.60. The molecule has 21 heavy (non-hydrogen) atoms. The van der Waals surface area contributed by atoms with Crippen LogP contribution in [0.15, 0.2) is 47.5 Å². The quantitative estimate of drug-likeness (QED) is 0.920. The van der Waals surface area contributed by atoms with E-state index in [-0.39, 0.29) is 4.90 Å². The molecule has 112 valence electrons. The second kappa shape index (κ2) is 6.24. The Morgan fingerprint density at radius 2 is 1.90 bits per heavy atom. The molecule has 1 heterocycles. The van der Waals surface area contributed by atoms with Crippen molar-refractivity contribution in [1.82, 2.24) is 9.29 Å². The fourth-order valence-corrected chi connectivity index (χ4v) is 3.36. The zero-order valence-corrected chi connectivity index (χ0v) is 13.2. The molecule has 0 aliphatic carbocycles. The SMILES string of the molecule is CNc1ncccc1S(=O)(=O)N(C)Cc1ccccc1C. The highest BCUT2D eigenvalue weighted by Crippen LogP contribution is 2.23. The van der Waals surface area contributed by atoms with Gasteiger partial charge >= 0.3 is 0 Å². The fourth-order valence-electron chi connectivity index (χ4n) is 2.07. The normalized spacial score (nSPS) is 11.6. The minimum Gasteiger partial charge on any atom is -0.372 e. The molecular formula is C15H19N3O2S. The molecule has 0 saturated heterocycles. The Bertz CT molecular complexity index is 729. The highest BCUT2D eigenvalue weighted by molar-refractivity contribution is 7.89. The highest BCUT2D eigenvalue weighted by Gasteiger charge is 2.24. The summed E-state index contributed by atoms with van der Waals surface area (Å²) in [5.41, 5.74) is 2.05. The Labute approximate surface area is 125 Å². The van der Waals surface area contributed by atoms with E-state index >= 15 is 0 Å². The van der Waals surface area contributed by atoms with Gasteiger partial charge in [-0.25, -0.2) is 13.4 Å². The molecule has 1 N–H and O–H groups in total. The van der Waals surface area contributed by atoms with Gasteiger partial charge in [-0.3, -0.25) is 0 Å². The Hall–Kier alpha value is -1.92. The molecule has 2 aromatic rings. The summed E-state index contributed by atoms with van der Waals surface area (Å²) in [6.45, 7) is 2.30. The van der Waals surface area contributed by atoms with Gasteiger partial charge in [0.25, 0.3) is 0 Å². The van der Waals surface area contributed by atoms with Gasteiger partial charge in [-0.05, 0) is 30.2 Å². The van der Waals surface area contributed by atoms with Gasteiger partial charge in [-0.15, -0.1) is 0 Å². The predicted octanol–water partition coefficient (Wildman–Crippen LogP) is 2.25. The van der Waals surface area contributed by atoms with Crippen molar-refractivity contribution >= 4 is 15.8 Å². The summed E-state index contributed by atoms with van der Waals surface area (Å²) in [4.78, 5) is 4.24. The van der Waals surface area contributed by atoms with Crippen LogP contribution in [-0.2, 0) is 16.6 Å². The summed E-state index contributed by atoms with van der Waals surface area (Å²) >= 11 is 0. The second-order valence-corrected chi connectivity index (χ2v) is 6.80. The number of aryl methyl sites for hydroxylation is 1. The van der Waals surface area contributed by atoms with E-state index in [2.05, 4.69) is 10.3 Å². The van der Waals surface area contributed by atoms with Gasteiger partial charge in [0.1, 0.15) is 10.7 Å². The topological polar surface area (TPSA) is 62.3 Å². The van der Waals surface area contributed by atoms with E-state index in [4.69, 9.17) is 0 Å². The molecule has 0 atom stereocenters. The Kier molecular flexibility index (Phi) is 4.59. The third kappa shape index (κ3) is 3.22. The lowest BCUT2D eigenvalue weighted by Crippen LogP contribution is -2.27. The Morgan fingerprint density at radius 3 is 2.57 bits per heavy atom. The van der Waals surface area contributed by atoms with E-state index in [1.54, 1.807) is 32.4 Å². The zero-order chi connectivity index (χ0) is 15.5. The summed E-state index contributed by atoms with van der Waals surface area (Å²) in [6.07, 6.45) is 1.56. The van der Waals surface area contributed by atoms with E-state index in [0.29, 0.717) is 12.4 Å². The lowest BCUT2D eigenvalue weighted by Gasteiger charge is -2.19. The van der Waals surface area contributed by atoms with Gasteiger partial charge in [-0.2, -0.15) is 4.31 Å². The number of hydrogen-bond donors (Lipinski definition) is 1. The van der Waals surface area contributed by atoms with Crippen molar-refractivity contribution in [3.63, 3.8) is 0 Å². The van der Waals surface area contributed by atoms with Crippen LogP contribution in [0.1, 0.15) is 11.1 Å². The van der Waals surface area contributed by atoms with Gasteiger partial charge in [0.05, 0.1) is 0 Å². The standard InChI is InChI=1S/C15H19N3O2S/c1-12-7-4-5-8-13(12)11-18(3)21(19,20)14-9-6-10-17-15(14)16-2/h4-10H,11H2,1-3H3,(H,16,17). The third-order valence-electron chi connectivity index (χ3n) is 3.35. The average molecular weight is 305 g/mol. The molecule has 0 aliphatic heterocycles. The molecular weight excluding hydrogens is 286 g/mol. The van der Waals surface area contributed by atoms with Crippen LogP contribution in [0.4, 0.5) is 5.82 Å². The number of rotatable bonds is 5. The molecule has 0 amide bonds. The first-order chi connectivity index (χ1) is 9.96. The molecule has 0 fully saturated rings. The van der Waals surface area contributed by atoms with Crippen LogP contribution in [0.2, 0.25) is 0 Å². The van der Waals surface area contributed by atoms with Crippen LogP contribution in [0.5, 0.6) is 0 Å². The van der Waals surface area contributed by atoms with Crippen molar-refractivity contribution < 1.29 is 8.42 Å². The number of hydrogen-bond acceptors (Lipinski definition) is 4. The molecule has 0 bridgehead atoms. The monoisotopic (exact) mass is 305 g/mol. The van der Waals surface area contributed by atoms with Crippen molar-refractivity contribution in [3.8, 4) is 0 Å². The van der Waals surface area contributed by atoms with Gasteiger partial charge < -0.3 is 5.32 Å². The molecule has 1 aromatic carbocycles. The van der Waals surface area contributed by atoms with Gasteiger partial charge in [-0.1, -0.05) is 24.3 Å². The van der Waals surface area contributed by atoms with Crippen molar-refractivity contribution in [2.24, 2.45) is 0 Å². The van der Waals surface area contributed by atoms with Crippen LogP contribution in [0, 0.1) is 6.92 Å². The van der Waals surface area contributed by atoms with Crippen LogP contribution in [-0.4, -0.2) is 31.8 Å². The second-order valence-electron chi connectivity index (χ2n) is 4.79. The van der Waals surface area contributed by atoms with E-state index in [0.717, 1.165) is 11.1 Å². The van der Waals surface area contributed by atoms with Crippen LogP contribution < -0.4 is 5.32 Å². The lowest BCUT2D eigenvalue weighted by molar-refractivity contribution is 0.466. The summed E-state index contributed by atoms with van der Waals surface area (Å²) < 4.78 is 26.7. The maximum atomic E-state index is 12.7. The first-order valence-corrected chi connectivity index (χ1v) is 8.04. The minimum atomic E-state index is -3.59. The number of benzene rings is 1. The largest absolute Gasteiger partial charge is 0.372 e. The molecule has 1 aromatic heterocycles. The van der Waals surface area contributed by atoms with Gasteiger partial charge in [0.2, 0.25) is 10.0 Å². The zero-order valence-electron chi connectivity index (χ0n) is 12.4. The molecule has 0 spiro atoms. The minimum absolute atomic E-state index is 0.184. The third-order valence-corrected chi connectivity index (χ3v) is 5.18. The smallest absolute Gasteiger partial charge is 0.246 e. The number of pyridine rings is 1. The highest BCUT2D eigenvalue weighted by atomic mass is 32.2. The van der Waals surface area contributed by atoms with Crippen LogP contribution in [0.3, 0.4) is 0 Å². The van der Waals surface area contributed by atoms with Crippen LogP contribution in [0.25, 0.3) is 0 Å². The molecule has 2 rings (SSSR count). The van der Waals surface area contributed by atoms with Crippen molar-refractivity contribution in [2.45, 2.75) is 18.4 Å². The summed E-state index contributed by atoms with van der Waals surface area (Å²) in [5, 5.41) is 2.81. The van der Waals surface area contributed by atoms with Gasteiger partial charge in [0.15, 0.2) is 0 Å². The average Bonchev–Trinajstić information content (AvgIpc) is 2.49. The number of aromatic nitrogens is 1. The van der Waals surface area contributed by atoms with E-state index in [1.165, 1.54) is 4.31 Å². The molecule has 0 aliphatic rings. The van der Waals surface area contributed by atoms with Gasteiger partial charge in [0, 0.05) is 26.8 Å². The number of sulfonamides is 1. The molecule has 0 radical (unpaired) electrons. The predicted molar refractivity (Wildman–Crippen MR) is 83.6 cm³/mol. The fraction of sp³-hybridized carbons (Fsp3) is 0.267. The van der Waals surface area contributed by atoms with Crippen molar-refractivity contribution in [1.29, 1.82) is 0 Å². The summed E-state index contributed by atoms with van der Waals surface area (Å²) in [6, 6.07) is 10.9. The molecule has 6 heteroatoms. The number of anilines is 1. The molecule has 5 nitrogen and oxygen atoms in total. The summed E-state index contributed by atoms with van der Waals surface area (Å²) in [7, 11) is -0.355. The maximum Gasteiger partial charge on any atom is 0.246 e. The maximum absolute atomic E-state index is 12.7. The van der Waals surface area contributed by atoms with E-state index in [9.17, 15) is 8.42 Å². The molecule has 0 unspecified atom stereocenters. The Balaban J connectivity index is 2.33. The van der Waals surface area contributed by atoms with Crippen molar-refractivity contribution in [3.05, 3.63) is 53.7 Å². The molecule has 0 saturated carbocycles. The number of nitrogens with one attached hydrogen (secondary N) is 1. The first kappa shape index (κ1) is 15.5. The lowest BCUT2D eigenvalue weighted by atomic mass is 10.1. The van der Waals surface area contributed by atoms with Crippen molar-refractivity contribution in [2.75, 3.05) is 19.4 Å². The number of nitrogens with zero attached hydrogens (tertiary/aromatic N) is 2. The summed E-state index contributed by atoms with van der Waals surface area (Å²) in [5.74, 6) is 0.356. The Morgan fingerprint density at radius 1 is 1.19 bits per heavy atom. The van der Waals surface area contributed by atoms with Crippen LogP contribution >= 0.6 is 0 Å². The van der Waals surface area contributed by atoms with E-state index < -0.39 is 10.0 Å².